The minimum atomic E-state index is -0.755. The molecule has 21 heavy (non-hydrogen) atoms. The molecule has 0 N–H and O–H groups in total. The van der Waals surface area contributed by atoms with Crippen LogP contribution in [-0.2, 0) is 4.74 Å². The molecule has 0 saturated carbocycles. The van der Waals surface area contributed by atoms with Gasteiger partial charge in [0.25, 0.3) is 0 Å². The van der Waals surface area contributed by atoms with Gasteiger partial charge in [-0.25, -0.2) is 0 Å². The van der Waals surface area contributed by atoms with Crippen molar-refractivity contribution in [3.63, 3.8) is 0 Å². The van der Waals surface area contributed by atoms with Gasteiger partial charge in [-0.2, -0.15) is 4.79 Å². The summed E-state index contributed by atoms with van der Waals surface area (Å²) in [6.07, 6.45) is -0.755. The highest BCUT2D eigenvalue weighted by Crippen LogP contribution is 2.33. The summed E-state index contributed by atoms with van der Waals surface area (Å²) in [5.41, 5.74) is 0.156. The van der Waals surface area contributed by atoms with Crippen LogP contribution in [0.3, 0.4) is 0 Å². The first-order chi connectivity index (χ1) is 9.61. The molecule has 0 radical (unpaired) electrons. The lowest BCUT2D eigenvalue weighted by atomic mass is 10.2. The van der Waals surface area contributed by atoms with Gasteiger partial charge in [0.2, 0.25) is 0 Å². The molecule has 1 heterocycles. The number of carbonyl (C=O) groups is 1. The molecule has 0 aliphatic carbocycles. The van der Waals surface area contributed by atoms with Crippen LogP contribution in [0.2, 0.25) is 0 Å². The predicted molar refractivity (Wildman–Crippen MR) is 82.7 cm³/mol. The van der Waals surface area contributed by atoms with Crippen molar-refractivity contribution in [2.24, 2.45) is 0 Å². The average Bonchev–Trinajstić information content (AvgIpc) is 2.60. The summed E-state index contributed by atoms with van der Waals surface area (Å²) >= 11 is 3.33. The number of hydrogen-bond acceptors (Lipinski definition) is 4. The normalized spacial score (nSPS) is 11.7. The minimum absolute atomic E-state index is 0.266. The first-order valence-corrected chi connectivity index (χ1v) is 7.09. The third-order valence-corrected chi connectivity index (χ3v) is 3.39. The number of rotatable bonds is 1. The van der Waals surface area contributed by atoms with Crippen molar-refractivity contribution in [3.8, 4) is 0 Å². The van der Waals surface area contributed by atoms with E-state index in [1.54, 1.807) is 45.9 Å². The number of fused-ring (bicyclic) bond motifs is 1. The van der Waals surface area contributed by atoms with E-state index in [4.69, 9.17) is 4.74 Å². The Morgan fingerprint density at radius 1 is 1.38 bits per heavy atom. The Labute approximate surface area is 130 Å². The van der Waals surface area contributed by atoms with Gasteiger partial charge >= 0.3 is 11.9 Å². The fourth-order valence-corrected chi connectivity index (χ4v) is 2.48. The summed E-state index contributed by atoms with van der Waals surface area (Å²) in [5.74, 6) is -0.266. The number of ether oxygens (including phenoxy) is 1. The number of halogens is 1. The van der Waals surface area contributed by atoms with E-state index in [2.05, 4.69) is 15.9 Å². The van der Waals surface area contributed by atoms with Crippen LogP contribution in [0, 0.1) is 17.0 Å². The molecule has 1 aromatic carbocycles. The highest BCUT2D eigenvalue weighted by atomic mass is 79.9. The Morgan fingerprint density at radius 3 is 2.52 bits per heavy atom. The van der Waals surface area contributed by atoms with Gasteiger partial charge in [0, 0.05) is 9.86 Å². The van der Waals surface area contributed by atoms with E-state index in [0.717, 1.165) is 9.04 Å². The fourth-order valence-electron chi connectivity index (χ4n) is 2.12. The predicted octanol–water partition coefficient (Wildman–Crippen LogP) is 4.40. The summed E-state index contributed by atoms with van der Waals surface area (Å²) in [6.45, 7) is 6.76. The number of nitro groups is 1. The van der Waals surface area contributed by atoms with Crippen molar-refractivity contribution in [2.45, 2.75) is 33.3 Å². The molecule has 0 spiro atoms. The van der Waals surface area contributed by atoms with Gasteiger partial charge in [0.05, 0.1) is 5.56 Å². The van der Waals surface area contributed by atoms with Crippen molar-refractivity contribution in [1.82, 2.24) is 4.57 Å². The average molecular weight is 355 g/mol. The minimum Gasteiger partial charge on any atom is -0.425 e. The van der Waals surface area contributed by atoms with Crippen LogP contribution in [0.1, 0.15) is 26.3 Å². The Hall–Kier alpha value is -1.89. The van der Waals surface area contributed by atoms with Gasteiger partial charge in [0.1, 0.15) is 11.1 Å². The molecule has 0 atom stereocenters. The zero-order valence-corrected chi connectivity index (χ0v) is 13.7. The van der Waals surface area contributed by atoms with Gasteiger partial charge in [-0.3, -0.25) is 0 Å². The molecule has 2 aromatic rings. The lowest BCUT2D eigenvalue weighted by Crippen LogP contribution is -2.27. The molecule has 0 amide bonds. The van der Waals surface area contributed by atoms with Gasteiger partial charge in [-0.15, -0.1) is 4.57 Å². The zero-order valence-electron chi connectivity index (χ0n) is 12.1. The van der Waals surface area contributed by atoms with Crippen molar-refractivity contribution in [1.29, 1.82) is 0 Å². The molecule has 7 heteroatoms. The third-order valence-electron chi connectivity index (χ3n) is 2.90. The van der Waals surface area contributed by atoms with Crippen LogP contribution >= 0.6 is 15.9 Å². The fraction of sp³-hybridized carbons (Fsp3) is 0.357. The van der Waals surface area contributed by atoms with E-state index in [1.165, 1.54) is 0 Å². The number of aryl methyl sites for hydroxylation is 1. The molecule has 112 valence electrons. The third kappa shape index (κ3) is 2.92. The number of carbonyl (C=O) groups excluding carboxylic acids is 1. The highest BCUT2D eigenvalue weighted by Gasteiger charge is 2.32. The summed E-state index contributed by atoms with van der Waals surface area (Å²) in [4.78, 5) is 23.1. The number of benzene rings is 1. The van der Waals surface area contributed by atoms with Gasteiger partial charge in [-0.1, -0.05) is 15.9 Å². The Bertz CT molecular complexity index is 743. The lowest BCUT2D eigenvalue weighted by Gasteiger charge is -2.17. The second kappa shape index (κ2) is 5.14. The molecular formula is C14H15BrN2O4. The molecule has 6 nitrogen and oxygen atoms in total. The smallest absolute Gasteiger partial charge is 0.425 e. The molecule has 0 bridgehead atoms. The Kier molecular flexibility index (Phi) is 3.79. The standard InChI is InChI=1S/C14H15BrN2O4/c1-8-10-7-9(15)5-6-11(10)16(12(8)17(19)20)13(18)21-14(2,3)4/h5-7H,1-4H3. The van der Waals surface area contributed by atoms with Crippen LogP contribution in [0.15, 0.2) is 22.7 Å². The van der Waals surface area contributed by atoms with Crippen molar-refractivity contribution >= 4 is 38.7 Å². The number of hydrogen-bond donors (Lipinski definition) is 0. The van der Waals surface area contributed by atoms with E-state index < -0.39 is 16.6 Å². The van der Waals surface area contributed by atoms with E-state index in [-0.39, 0.29) is 5.82 Å². The van der Waals surface area contributed by atoms with Gasteiger partial charge in [-0.05, 0) is 50.8 Å². The molecule has 0 aliphatic heterocycles. The van der Waals surface area contributed by atoms with E-state index in [9.17, 15) is 14.9 Å². The summed E-state index contributed by atoms with van der Waals surface area (Å²) in [7, 11) is 0. The molecule has 1 aromatic heterocycles. The maximum atomic E-state index is 12.3. The molecule has 0 saturated heterocycles. The maximum Gasteiger partial charge on any atom is 0.513 e. The van der Waals surface area contributed by atoms with Crippen LogP contribution in [0.25, 0.3) is 10.9 Å². The van der Waals surface area contributed by atoms with Crippen LogP contribution < -0.4 is 0 Å². The van der Waals surface area contributed by atoms with E-state index in [1.807, 2.05) is 0 Å². The van der Waals surface area contributed by atoms with Crippen LogP contribution in [-0.4, -0.2) is 21.2 Å². The van der Waals surface area contributed by atoms with Crippen molar-refractivity contribution < 1.29 is 14.5 Å². The topological polar surface area (TPSA) is 74.4 Å². The second-order valence-corrected chi connectivity index (χ2v) is 6.60. The first kappa shape index (κ1) is 15.5. The second-order valence-electron chi connectivity index (χ2n) is 5.68. The quantitative estimate of drug-likeness (QED) is 0.561. The lowest BCUT2D eigenvalue weighted by molar-refractivity contribution is -0.391. The molecule has 0 fully saturated rings. The highest BCUT2D eigenvalue weighted by molar-refractivity contribution is 9.10. The monoisotopic (exact) mass is 354 g/mol. The van der Waals surface area contributed by atoms with Gasteiger partial charge < -0.3 is 14.9 Å². The maximum absolute atomic E-state index is 12.3. The van der Waals surface area contributed by atoms with Crippen molar-refractivity contribution in [3.05, 3.63) is 38.3 Å². The molecular weight excluding hydrogens is 340 g/mol. The molecule has 0 unspecified atom stereocenters. The SMILES string of the molecule is Cc1c([N+](=O)[O-])n(C(=O)OC(C)(C)C)c2ccc(Br)cc12. The number of nitrogens with zero attached hydrogens (tertiary/aromatic N) is 2. The number of aromatic nitrogens is 1. The molecule has 0 aliphatic rings. The summed E-state index contributed by atoms with van der Waals surface area (Å²) in [5, 5.41) is 12.0. The summed E-state index contributed by atoms with van der Waals surface area (Å²) < 4.78 is 7.08. The van der Waals surface area contributed by atoms with Crippen LogP contribution in [0.5, 0.6) is 0 Å². The first-order valence-electron chi connectivity index (χ1n) is 6.30. The van der Waals surface area contributed by atoms with Gasteiger partial charge in [0.15, 0.2) is 0 Å². The van der Waals surface area contributed by atoms with Crippen LogP contribution in [0.4, 0.5) is 10.6 Å². The van der Waals surface area contributed by atoms with Crippen molar-refractivity contribution in [2.75, 3.05) is 0 Å². The van der Waals surface area contributed by atoms with E-state index in [0.29, 0.717) is 16.5 Å². The largest absolute Gasteiger partial charge is 0.513 e. The zero-order chi connectivity index (χ0) is 15.9. The Balaban J connectivity index is 2.74. The van der Waals surface area contributed by atoms with E-state index >= 15 is 0 Å². The summed E-state index contributed by atoms with van der Waals surface area (Å²) in [6, 6.07) is 5.13. The Morgan fingerprint density at radius 2 is 2.00 bits per heavy atom. The molecule has 2 rings (SSSR count).